The smallest absolute Gasteiger partial charge is 0.410 e. The van der Waals surface area contributed by atoms with Gasteiger partial charge in [0, 0.05) is 24.5 Å². The van der Waals surface area contributed by atoms with Crippen LogP contribution in [0.4, 0.5) is 4.79 Å². The summed E-state index contributed by atoms with van der Waals surface area (Å²) in [4.78, 5) is 18.6. The first-order valence-corrected chi connectivity index (χ1v) is 12.0. The standard InChI is InChI=1S/C19H28N2O2Si/c1-19(2,3)23-18(22)21-10-7-8-17(21)16-12-15(13-20-14-16)9-11-24(4,5)6/h12-14,17H,7-8,10H2,1-6H3/t17-/m0/s1. The van der Waals surface area contributed by atoms with E-state index in [4.69, 9.17) is 4.74 Å². The van der Waals surface area contributed by atoms with Crippen LogP contribution < -0.4 is 0 Å². The number of nitrogens with zero attached hydrogens (tertiary/aromatic N) is 2. The Balaban J connectivity index is 2.20. The molecule has 1 aliphatic rings. The SMILES string of the molecule is CC(C)(C)OC(=O)N1CCC[C@H]1c1cncc(C#C[Si](C)(C)C)c1. The lowest BCUT2D eigenvalue weighted by atomic mass is 10.1. The highest BCUT2D eigenvalue weighted by molar-refractivity contribution is 6.83. The number of ether oxygens (including phenoxy) is 1. The number of rotatable bonds is 1. The summed E-state index contributed by atoms with van der Waals surface area (Å²) in [6.07, 6.45) is 5.31. The summed E-state index contributed by atoms with van der Waals surface area (Å²) in [5.74, 6) is 3.25. The van der Waals surface area contributed by atoms with Crippen molar-refractivity contribution in [2.75, 3.05) is 6.54 Å². The summed E-state index contributed by atoms with van der Waals surface area (Å²) in [7, 11) is -1.42. The van der Waals surface area contributed by atoms with Gasteiger partial charge in [0.15, 0.2) is 0 Å². The molecule has 130 valence electrons. The van der Waals surface area contributed by atoms with Gasteiger partial charge in [-0.25, -0.2) is 4.79 Å². The van der Waals surface area contributed by atoms with E-state index in [2.05, 4.69) is 42.2 Å². The molecular formula is C19H28N2O2Si. The number of hydrogen-bond donors (Lipinski definition) is 0. The Morgan fingerprint density at radius 1 is 1.33 bits per heavy atom. The van der Waals surface area contributed by atoms with Crippen LogP contribution in [0, 0.1) is 11.5 Å². The summed E-state index contributed by atoms with van der Waals surface area (Å²) in [6, 6.07) is 2.09. The summed E-state index contributed by atoms with van der Waals surface area (Å²) in [5, 5.41) is 0. The third kappa shape index (κ3) is 5.38. The monoisotopic (exact) mass is 344 g/mol. The molecule has 1 fully saturated rings. The number of aromatic nitrogens is 1. The lowest BCUT2D eigenvalue weighted by Gasteiger charge is -2.28. The van der Waals surface area contributed by atoms with Gasteiger partial charge in [0.25, 0.3) is 0 Å². The van der Waals surface area contributed by atoms with Gasteiger partial charge < -0.3 is 9.64 Å². The summed E-state index contributed by atoms with van der Waals surface area (Å²) in [6.45, 7) is 13.1. The summed E-state index contributed by atoms with van der Waals surface area (Å²) >= 11 is 0. The van der Waals surface area contributed by atoms with Gasteiger partial charge in [0.2, 0.25) is 0 Å². The minimum Gasteiger partial charge on any atom is -0.444 e. The highest BCUT2D eigenvalue weighted by Gasteiger charge is 2.33. The first-order valence-electron chi connectivity index (χ1n) is 8.53. The van der Waals surface area contributed by atoms with E-state index in [9.17, 15) is 4.79 Å². The molecule has 1 aliphatic heterocycles. The zero-order chi connectivity index (χ0) is 18.0. The third-order valence-electron chi connectivity index (χ3n) is 3.61. The molecule has 4 nitrogen and oxygen atoms in total. The largest absolute Gasteiger partial charge is 0.444 e. The van der Waals surface area contributed by atoms with Crippen LogP contribution in [0.15, 0.2) is 18.5 Å². The van der Waals surface area contributed by atoms with Gasteiger partial charge in [-0.1, -0.05) is 25.6 Å². The highest BCUT2D eigenvalue weighted by Crippen LogP contribution is 2.33. The highest BCUT2D eigenvalue weighted by atomic mass is 28.3. The third-order valence-corrected chi connectivity index (χ3v) is 4.48. The number of carbonyl (C=O) groups excluding carboxylic acids is 1. The number of amides is 1. The van der Waals surface area contributed by atoms with Gasteiger partial charge in [-0.3, -0.25) is 4.98 Å². The molecule has 0 spiro atoms. The van der Waals surface area contributed by atoms with Crippen molar-refractivity contribution in [3.05, 3.63) is 29.6 Å². The van der Waals surface area contributed by atoms with Crippen LogP contribution in [-0.4, -0.2) is 36.2 Å². The molecule has 1 aromatic rings. The van der Waals surface area contributed by atoms with Crippen molar-refractivity contribution in [3.8, 4) is 11.5 Å². The zero-order valence-electron chi connectivity index (χ0n) is 15.6. The van der Waals surface area contributed by atoms with E-state index in [1.807, 2.05) is 31.9 Å². The van der Waals surface area contributed by atoms with Crippen LogP contribution in [0.1, 0.15) is 50.8 Å². The lowest BCUT2D eigenvalue weighted by Crippen LogP contribution is -2.36. The second-order valence-electron chi connectivity index (χ2n) is 8.34. The molecule has 1 amide bonds. The maximum atomic E-state index is 12.4. The average molecular weight is 345 g/mol. The van der Waals surface area contributed by atoms with Crippen molar-refractivity contribution in [2.45, 2.75) is 64.9 Å². The van der Waals surface area contributed by atoms with Crippen molar-refractivity contribution < 1.29 is 9.53 Å². The van der Waals surface area contributed by atoms with Gasteiger partial charge in [-0.2, -0.15) is 0 Å². The van der Waals surface area contributed by atoms with E-state index in [0.29, 0.717) is 0 Å². The fourth-order valence-corrected chi connectivity index (χ4v) is 3.14. The molecular weight excluding hydrogens is 316 g/mol. The Hall–Kier alpha value is -1.80. The normalized spacial score (nSPS) is 18.1. The number of likely N-dealkylation sites (tertiary alicyclic amines) is 1. The van der Waals surface area contributed by atoms with E-state index < -0.39 is 13.7 Å². The van der Waals surface area contributed by atoms with Gasteiger partial charge in [0.05, 0.1) is 6.04 Å². The molecule has 24 heavy (non-hydrogen) atoms. The van der Waals surface area contributed by atoms with Gasteiger partial charge >= 0.3 is 6.09 Å². The van der Waals surface area contributed by atoms with Crippen molar-refractivity contribution in [1.29, 1.82) is 0 Å². The van der Waals surface area contributed by atoms with Crippen molar-refractivity contribution in [3.63, 3.8) is 0 Å². The van der Waals surface area contributed by atoms with Crippen LogP contribution >= 0.6 is 0 Å². The van der Waals surface area contributed by atoms with Crippen molar-refractivity contribution >= 4 is 14.2 Å². The fourth-order valence-electron chi connectivity index (χ4n) is 2.62. The fraction of sp³-hybridized carbons (Fsp3) is 0.579. The molecule has 0 aliphatic carbocycles. The molecule has 2 rings (SSSR count). The minimum atomic E-state index is -1.42. The Labute approximate surface area is 146 Å². The molecule has 0 unspecified atom stereocenters. The summed E-state index contributed by atoms with van der Waals surface area (Å²) < 4.78 is 5.54. The predicted molar refractivity (Wildman–Crippen MR) is 99.4 cm³/mol. The summed E-state index contributed by atoms with van der Waals surface area (Å²) in [5.41, 5.74) is 4.85. The Morgan fingerprint density at radius 2 is 2.04 bits per heavy atom. The second kappa shape index (κ2) is 6.98. The zero-order valence-corrected chi connectivity index (χ0v) is 16.6. The van der Waals surface area contributed by atoms with Crippen molar-refractivity contribution in [1.82, 2.24) is 9.88 Å². The minimum absolute atomic E-state index is 0.0287. The van der Waals surface area contributed by atoms with E-state index in [1.165, 1.54) is 0 Å². The maximum absolute atomic E-state index is 12.4. The van der Waals surface area contributed by atoms with Crippen LogP contribution in [0.3, 0.4) is 0 Å². The van der Waals surface area contributed by atoms with Crippen molar-refractivity contribution in [2.24, 2.45) is 0 Å². The Kier molecular flexibility index (Phi) is 5.39. The number of carbonyl (C=O) groups is 1. The molecule has 0 aromatic carbocycles. The second-order valence-corrected chi connectivity index (χ2v) is 13.1. The van der Waals surface area contributed by atoms with E-state index in [-0.39, 0.29) is 12.1 Å². The van der Waals surface area contributed by atoms with Gasteiger partial charge in [0.1, 0.15) is 13.7 Å². The topological polar surface area (TPSA) is 42.4 Å². The van der Waals surface area contributed by atoms with E-state index in [1.54, 1.807) is 6.20 Å². The van der Waals surface area contributed by atoms with Gasteiger partial charge in [-0.05, 0) is 45.2 Å². The molecule has 0 radical (unpaired) electrons. The number of pyridine rings is 1. The quantitative estimate of drug-likeness (QED) is 0.561. The molecule has 2 heterocycles. The van der Waals surface area contributed by atoms with Gasteiger partial charge in [-0.15, -0.1) is 5.54 Å². The van der Waals surface area contributed by atoms with Crippen LogP contribution in [0.2, 0.25) is 19.6 Å². The van der Waals surface area contributed by atoms with Crippen LogP contribution in [0.5, 0.6) is 0 Å². The molecule has 1 atom stereocenters. The predicted octanol–water partition coefficient (Wildman–Crippen LogP) is 4.38. The van der Waals surface area contributed by atoms with Crippen LogP contribution in [0.25, 0.3) is 0 Å². The maximum Gasteiger partial charge on any atom is 0.410 e. The molecule has 5 heteroatoms. The first-order chi connectivity index (χ1) is 11.1. The molecule has 0 saturated carbocycles. The molecule has 1 saturated heterocycles. The average Bonchev–Trinajstić information content (AvgIpc) is 2.92. The Bertz CT molecular complexity index is 662. The molecule has 0 N–H and O–H groups in total. The van der Waals surface area contributed by atoms with Crippen LogP contribution in [-0.2, 0) is 4.74 Å². The molecule has 1 aromatic heterocycles. The Morgan fingerprint density at radius 3 is 2.67 bits per heavy atom. The van der Waals surface area contributed by atoms with E-state index >= 15 is 0 Å². The molecule has 0 bridgehead atoms. The van der Waals surface area contributed by atoms with E-state index in [0.717, 1.165) is 30.5 Å². The number of hydrogen-bond acceptors (Lipinski definition) is 3. The lowest BCUT2D eigenvalue weighted by molar-refractivity contribution is 0.0224. The first kappa shape index (κ1) is 18.5.